The number of hydrogen-bond donors (Lipinski definition) is 1. The van der Waals surface area contributed by atoms with Crippen molar-refractivity contribution in [3.8, 4) is 0 Å². The minimum Gasteiger partial charge on any atom is -0.365 e. The second-order valence-corrected chi connectivity index (χ2v) is 6.67. The molecule has 0 aromatic carbocycles. The van der Waals surface area contributed by atoms with Crippen molar-refractivity contribution in [3.63, 3.8) is 0 Å². The van der Waals surface area contributed by atoms with Crippen LogP contribution in [0.15, 0.2) is 16.8 Å². The van der Waals surface area contributed by atoms with Crippen LogP contribution in [0.25, 0.3) is 10.2 Å². The Kier molecular flexibility index (Phi) is 3.43. The number of anilines is 1. The standard InChI is InChI=1S/C13H12ClN3S2/c1-7-5-18-6-9(7)4-15-11-10-3-8(2)19-12(10)17-13(14)16-11/h3,5-6H,4H2,1-2H3,(H,15,16,17). The number of rotatable bonds is 3. The average Bonchev–Trinajstić information content (AvgIpc) is 2.91. The summed E-state index contributed by atoms with van der Waals surface area (Å²) in [5, 5.41) is 9.00. The SMILES string of the molecule is Cc1cc2c(NCc3cscc3C)nc(Cl)nc2s1. The summed E-state index contributed by atoms with van der Waals surface area (Å²) in [6, 6.07) is 2.10. The minimum atomic E-state index is 0.291. The van der Waals surface area contributed by atoms with Gasteiger partial charge in [0.05, 0.1) is 5.39 Å². The molecule has 3 aromatic heterocycles. The number of thiophene rings is 2. The zero-order valence-electron chi connectivity index (χ0n) is 10.5. The lowest BCUT2D eigenvalue weighted by Gasteiger charge is -2.06. The fourth-order valence-electron chi connectivity index (χ4n) is 1.90. The molecule has 19 heavy (non-hydrogen) atoms. The third-order valence-electron chi connectivity index (χ3n) is 2.90. The molecule has 98 valence electrons. The zero-order valence-corrected chi connectivity index (χ0v) is 12.9. The second kappa shape index (κ2) is 5.07. The predicted molar refractivity (Wildman–Crippen MR) is 83.5 cm³/mol. The Morgan fingerprint density at radius 1 is 1.26 bits per heavy atom. The van der Waals surface area contributed by atoms with Gasteiger partial charge < -0.3 is 5.32 Å². The van der Waals surface area contributed by atoms with E-state index in [1.165, 1.54) is 16.0 Å². The smallest absolute Gasteiger partial charge is 0.225 e. The van der Waals surface area contributed by atoms with Crippen molar-refractivity contribution in [3.05, 3.63) is 38.1 Å². The van der Waals surface area contributed by atoms with Crippen LogP contribution < -0.4 is 5.32 Å². The third-order valence-corrected chi connectivity index (χ3v) is 4.92. The molecule has 3 heterocycles. The van der Waals surface area contributed by atoms with Crippen LogP contribution in [0.5, 0.6) is 0 Å². The molecule has 3 rings (SSSR count). The summed E-state index contributed by atoms with van der Waals surface area (Å²) in [6.45, 7) is 4.94. The van der Waals surface area contributed by atoms with Gasteiger partial charge in [-0.25, -0.2) is 9.97 Å². The second-order valence-electron chi connectivity index (χ2n) is 4.35. The van der Waals surface area contributed by atoms with E-state index in [1.54, 1.807) is 22.7 Å². The van der Waals surface area contributed by atoms with Crippen LogP contribution in [-0.4, -0.2) is 9.97 Å². The fraction of sp³-hybridized carbons (Fsp3) is 0.231. The highest BCUT2D eigenvalue weighted by Gasteiger charge is 2.10. The first-order valence-corrected chi connectivity index (χ1v) is 7.96. The van der Waals surface area contributed by atoms with E-state index in [1.807, 2.05) is 0 Å². The lowest BCUT2D eigenvalue weighted by Crippen LogP contribution is -2.02. The Hall–Kier alpha value is -1.17. The van der Waals surface area contributed by atoms with Gasteiger partial charge in [-0.1, -0.05) is 0 Å². The van der Waals surface area contributed by atoms with E-state index in [0.29, 0.717) is 5.28 Å². The first kappa shape index (κ1) is 12.8. The monoisotopic (exact) mass is 309 g/mol. The Morgan fingerprint density at radius 3 is 2.84 bits per heavy atom. The Bertz CT molecular complexity index is 733. The molecular weight excluding hydrogens is 298 g/mol. The zero-order chi connectivity index (χ0) is 13.4. The summed E-state index contributed by atoms with van der Waals surface area (Å²) in [6.07, 6.45) is 0. The molecule has 3 aromatic rings. The first-order chi connectivity index (χ1) is 9.13. The number of nitrogens with one attached hydrogen (secondary N) is 1. The van der Waals surface area contributed by atoms with Crippen LogP contribution in [0.4, 0.5) is 5.82 Å². The number of aryl methyl sites for hydroxylation is 2. The molecule has 3 nitrogen and oxygen atoms in total. The summed E-state index contributed by atoms with van der Waals surface area (Å²) in [5.41, 5.74) is 2.59. The molecule has 0 atom stereocenters. The number of nitrogens with zero attached hydrogens (tertiary/aromatic N) is 2. The molecule has 0 saturated carbocycles. The van der Waals surface area contributed by atoms with E-state index >= 15 is 0 Å². The van der Waals surface area contributed by atoms with Crippen molar-refractivity contribution < 1.29 is 0 Å². The molecule has 1 N–H and O–H groups in total. The highest BCUT2D eigenvalue weighted by molar-refractivity contribution is 7.18. The van der Waals surface area contributed by atoms with E-state index in [4.69, 9.17) is 11.6 Å². The molecule has 0 aliphatic carbocycles. The van der Waals surface area contributed by atoms with Crippen molar-refractivity contribution in [1.82, 2.24) is 9.97 Å². The molecule has 0 amide bonds. The first-order valence-electron chi connectivity index (χ1n) is 5.82. The van der Waals surface area contributed by atoms with Gasteiger partial charge in [-0.05, 0) is 53.4 Å². The van der Waals surface area contributed by atoms with Crippen LogP contribution in [0.1, 0.15) is 16.0 Å². The van der Waals surface area contributed by atoms with Crippen LogP contribution in [0.3, 0.4) is 0 Å². The van der Waals surface area contributed by atoms with Gasteiger partial charge in [-0.2, -0.15) is 11.3 Å². The summed E-state index contributed by atoms with van der Waals surface area (Å²) < 4.78 is 0. The van der Waals surface area contributed by atoms with Gasteiger partial charge in [0.1, 0.15) is 10.6 Å². The van der Waals surface area contributed by atoms with Gasteiger partial charge in [0, 0.05) is 11.4 Å². The van der Waals surface area contributed by atoms with Crippen LogP contribution in [-0.2, 0) is 6.54 Å². The molecule has 0 unspecified atom stereocenters. The minimum absolute atomic E-state index is 0.291. The van der Waals surface area contributed by atoms with E-state index in [9.17, 15) is 0 Å². The lowest BCUT2D eigenvalue weighted by molar-refractivity contribution is 1.10. The van der Waals surface area contributed by atoms with Gasteiger partial charge >= 0.3 is 0 Å². The Morgan fingerprint density at radius 2 is 2.11 bits per heavy atom. The van der Waals surface area contributed by atoms with Gasteiger partial charge in [-0.3, -0.25) is 0 Å². The third kappa shape index (κ3) is 2.59. The van der Waals surface area contributed by atoms with Crippen LogP contribution >= 0.6 is 34.3 Å². The van der Waals surface area contributed by atoms with Crippen molar-refractivity contribution in [2.75, 3.05) is 5.32 Å². The molecule has 0 aliphatic rings. The summed E-state index contributed by atoms with van der Waals surface area (Å²) in [7, 11) is 0. The largest absolute Gasteiger partial charge is 0.365 e. The van der Waals surface area contributed by atoms with Gasteiger partial charge in [0.25, 0.3) is 0 Å². The maximum Gasteiger partial charge on any atom is 0.225 e. The van der Waals surface area contributed by atoms with Crippen molar-refractivity contribution >= 4 is 50.3 Å². The highest BCUT2D eigenvalue weighted by atomic mass is 35.5. The Balaban J connectivity index is 1.94. The van der Waals surface area contributed by atoms with E-state index in [-0.39, 0.29) is 0 Å². The van der Waals surface area contributed by atoms with Gasteiger partial charge in [-0.15, -0.1) is 11.3 Å². The topological polar surface area (TPSA) is 37.8 Å². The molecular formula is C13H12ClN3S2. The maximum atomic E-state index is 5.97. The maximum absolute atomic E-state index is 5.97. The van der Waals surface area contributed by atoms with Gasteiger partial charge in [0.15, 0.2) is 0 Å². The molecule has 0 saturated heterocycles. The Labute approximate surface area is 124 Å². The van der Waals surface area contributed by atoms with Gasteiger partial charge in [0.2, 0.25) is 5.28 Å². The number of aromatic nitrogens is 2. The van der Waals surface area contributed by atoms with Crippen molar-refractivity contribution in [2.45, 2.75) is 20.4 Å². The van der Waals surface area contributed by atoms with E-state index < -0.39 is 0 Å². The summed E-state index contributed by atoms with van der Waals surface area (Å²) in [4.78, 5) is 10.7. The molecule has 0 radical (unpaired) electrons. The van der Waals surface area contributed by atoms with Crippen molar-refractivity contribution in [1.29, 1.82) is 0 Å². The normalized spacial score (nSPS) is 11.1. The predicted octanol–water partition coefficient (Wildman–Crippen LogP) is 4.64. The van der Waals surface area contributed by atoms with Crippen molar-refractivity contribution in [2.24, 2.45) is 0 Å². The fourth-order valence-corrected chi connectivity index (χ4v) is 3.85. The molecule has 0 fully saturated rings. The number of halogens is 1. The average molecular weight is 310 g/mol. The quantitative estimate of drug-likeness (QED) is 0.716. The number of fused-ring (bicyclic) bond motifs is 1. The number of hydrogen-bond acceptors (Lipinski definition) is 5. The summed E-state index contributed by atoms with van der Waals surface area (Å²) in [5.74, 6) is 0.810. The van der Waals surface area contributed by atoms with E-state index in [2.05, 4.69) is 46.0 Å². The molecule has 0 aliphatic heterocycles. The highest BCUT2D eigenvalue weighted by Crippen LogP contribution is 2.30. The molecule has 6 heteroatoms. The lowest BCUT2D eigenvalue weighted by atomic mass is 10.2. The molecule has 0 bridgehead atoms. The summed E-state index contributed by atoms with van der Waals surface area (Å²) >= 11 is 9.32. The van der Waals surface area contributed by atoms with E-state index in [0.717, 1.165) is 22.6 Å². The molecule has 0 spiro atoms. The van der Waals surface area contributed by atoms with Crippen LogP contribution in [0.2, 0.25) is 5.28 Å². The van der Waals surface area contributed by atoms with Crippen LogP contribution in [0, 0.1) is 13.8 Å².